The van der Waals surface area contributed by atoms with Gasteiger partial charge in [0.1, 0.15) is 17.2 Å². The van der Waals surface area contributed by atoms with E-state index in [0.29, 0.717) is 12.1 Å². The number of methoxy groups -OCH3 is 1. The van der Waals surface area contributed by atoms with Gasteiger partial charge in [-0.3, -0.25) is 9.80 Å². The number of ether oxygens (including phenoxy) is 1. The second kappa shape index (κ2) is 8.09. The van der Waals surface area contributed by atoms with Crippen molar-refractivity contribution in [2.75, 3.05) is 31.6 Å². The Morgan fingerprint density at radius 2 is 1.97 bits per heavy atom. The molecule has 1 atom stereocenters. The van der Waals surface area contributed by atoms with E-state index in [-0.39, 0.29) is 17.8 Å². The Kier molecular flexibility index (Phi) is 5.25. The SMILES string of the molecule is CCC1(N2CCC(c3noc4cc(F)ccc34)CC2)CNC(=O)N1c1ccc(OC)cc1. The van der Waals surface area contributed by atoms with E-state index in [0.717, 1.165) is 54.9 Å². The van der Waals surface area contributed by atoms with Gasteiger partial charge in [0.25, 0.3) is 0 Å². The molecule has 0 aliphatic carbocycles. The van der Waals surface area contributed by atoms with E-state index in [4.69, 9.17) is 9.26 Å². The minimum Gasteiger partial charge on any atom is -0.497 e. The molecular formula is C24H27FN4O3. The van der Waals surface area contributed by atoms with E-state index < -0.39 is 5.66 Å². The highest BCUT2D eigenvalue weighted by atomic mass is 19.1. The lowest BCUT2D eigenvalue weighted by Gasteiger charge is -2.48. The van der Waals surface area contributed by atoms with E-state index >= 15 is 0 Å². The number of piperidine rings is 1. The van der Waals surface area contributed by atoms with Crippen LogP contribution in [-0.2, 0) is 0 Å². The molecule has 1 N–H and O–H groups in total. The van der Waals surface area contributed by atoms with Crippen LogP contribution in [0.4, 0.5) is 14.9 Å². The number of nitrogens with zero attached hydrogens (tertiary/aromatic N) is 3. The number of urea groups is 1. The first kappa shape index (κ1) is 20.8. The Morgan fingerprint density at radius 3 is 2.66 bits per heavy atom. The summed E-state index contributed by atoms with van der Waals surface area (Å²) in [5.74, 6) is 0.680. The lowest BCUT2D eigenvalue weighted by atomic mass is 9.89. The smallest absolute Gasteiger partial charge is 0.323 e. The number of fused-ring (bicyclic) bond motifs is 1. The lowest BCUT2D eigenvalue weighted by molar-refractivity contribution is 0.0731. The summed E-state index contributed by atoms with van der Waals surface area (Å²) in [5, 5.41) is 8.20. The summed E-state index contributed by atoms with van der Waals surface area (Å²) in [6.45, 7) is 4.36. The van der Waals surface area contributed by atoms with Crippen molar-refractivity contribution in [3.8, 4) is 5.75 Å². The van der Waals surface area contributed by atoms with Gasteiger partial charge in [0, 0.05) is 36.1 Å². The molecule has 0 saturated carbocycles. The Morgan fingerprint density at radius 1 is 1.22 bits per heavy atom. The van der Waals surface area contributed by atoms with Crippen LogP contribution in [0.1, 0.15) is 37.8 Å². The van der Waals surface area contributed by atoms with Gasteiger partial charge in [-0.25, -0.2) is 9.18 Å². The van der Waals surface area contributed by atoms with Crippen molar-refractivity contribution in [2.45, 2.75) is 37.8 Å². The first-order valence-corrected chi connectivity index (χ1v) is 11.1. The van der Waals surface area contributed by atoms with E-state index in [1.807, 2.05) is 29.2 Å². The van der Waals surface area contributed by atoms with Gasteiger partial charge in [0.15, 0.2) is 5.58 Å². The summed E-state index contributed by atoms with van der Waals surface area (Å²) in [4.78, 5) is 17.2. The fourth-order valence-corrected chi connectivity index (χ4v) is 5.21. The van der Waals surface area contributed by atoms with Crippen LogP contribution in [0.25, 0.3) is 11.0 Å². The number of hydrogen-bond donors (Lipinski definition) is 1. The van der Waals surface area contributed by atoms with Crippen LogP contribution in [0.15, 0.2) is 47.0 Å². The molecule has 2 aliphatic rings. The van der Waals surface area contributed by atoms with Crippen molar-refractivity contribution in [1.29, 1.82) is 0 Å². The molecule has 2 aromatic carbocycles. The summed E-state index contributed by atoms with van der Waals surface area (Å²) in [6, 6.07) is 12.1. The van der Waals surface area contributed by atoms with Crippen molar-refractivity contribution < 1.29 is 18.4 Å². The zero-order valence-corrected chi connectivity index (χ0v) is 18.3. The molecule has 1 unspecified atom stereocenters. The lowest BCUT2D eigenvalue weighted by Crippen LogP contribution is -2.61. The largest absolute Gasteiger partial charge is 0.497 e. The molecule has 2 aliphatic heterocycles. The quantitative estimate of drug-likeness (QED) is 0.636. The number of hydrogen-bond acceptors (Lipinski definition) is 5. The molecule has 2 saturated heterocycles. The molecule has 2 fully saturated rings. The Bertz CT molecular complexity index is 1120. The van der Waals surface area contributed by atoms with E-state index in [1.165, 1.54) is 12.1 Å². The average Bonchev–Trinajstić information content (AvgIpc) is 3.40. The zero-order valence-electron chi connectivity index (χ0n) is 18.3. The predicted octanol–water partition coefficient (Wildman–Crippen LogP) is 4.49. The highest BCUT2D eigenvalue weighted by molar-refractivity contribution is 5.96. The maximum absolute atomic E-state index is 13.5. The molecule has 0 bridgehead atoms. The van der Waals surface area contributed by atoms with Crippen molar-refractivity contribution in [3.63, 3.8) is 0 Å². The van der Waals surface area contributed by atoms with Crippen LogP contribution in [0.3, 0.4) is 0 Å². The van der Waals surface area contributed by atoms with Crippen LogP contribution >= 0.6 is 0 Å². The summed E-state index contributed by atoms with van der Waals surface area (Å²) in [6.07, 6.45) is 2.59. The Balaban J connectivity index is 1.38. The monoisotopic (exact) mass is 438 g/mol. The second-order valence-corrected chi connectivity index (χ2v) is 8.50. The number of amides is 2. The minimum atomic E-state index is -0.425. The molecule has 3 aromatic rings. The number of likely N-dealkylation sites (tertiary alicyclic amines) is 1. The number of carbonyl (C=O) groups excluding carboxylic acids is 1. The van der Waals surface area contributed by atoms with Gasteiger partial charge >= 0.3 is 6.03 Å². The molecule has 2 amide bonds. The number of halogens is 1. The molecule has 0 spiro atoms. The predicted molar refractivity (Wildman–Crippen MR) is 119 cm³/mol. The van der Waals surface area contributed by atoms with E-state index in [9.17, 15) is 9.18 Å². The number of nitrogens with one attached hydrogen (secondary N) is 1. The van der Waals surface area contributed by atoms with E-state index in [2.05, 4.69) is 22.3 Å². The topological polar surface area (TPSA) is 70.8 Å². The number of aromatic nitrogens is 1. The Labute approximate surface area is 186 Å². The van der Waals surface area contributed by atoms with Crippen LogP contribution < -0.4 is 15.0 Å². The first-order chi connectivity index (χ1) is 15.6. The van der Waals surface area contributed by atoms with Crippen LogP contribution in [0.2, 0.25) is 0 Å². The van der Waals surface area contributed by atoms with Crippen LogP contribution in [-0.4, -0.2) is 48.5 Å². The van der Waals surface area contributed by atoms with Gasteiger partial charge in [-0.2, -0.15) is 0 Å². The first-order valence-electron chi connectivity index (χ1n) is 11.1. The van der Waals surface area contributed by atoms with Crippen molar-refractivity contribution >= 4 is 22.7 Å². The molecule has 8 heteroatoms. The molecule has 3 heterocycles. The molecule has 7 nitrogen and oxygen atoms in total. The van der Waals surface area contributed by atoms with Crippen LogP contribution in [0.5, 0.6) is 5.75 Å². The van der Waals surface area contributed by atoms with Crippen molar-refractivity contribution in [3.05, 3.63) is 54.0 Å². The van der Waals surface area contributed by atoms with Crippen LogP contribution in [0, 0.1) is 5.82 Å². The summed E-state index contributed by atoms with van der Waals surface area (Å²) in [7, 11) is 1.63. The standard InChI is InChI=1S/C24H27FN4O3/c1-3-24(15-26-23(30)29(24)18-5-7-19(31-2)8-6-18)28-12-10-16(11-13-28)22-20-9-4-17(25)14-21(20)32-27-22/h4-9,14,16H,3,10-13,15H2,1-2H3,(H,26,30). The van der Waals surface area contributed by atoms with Gasteiger partial charge in [-0.1, -0.05) is 12.1 Å². The van der Waals surface area contributed by atoms with Gasteiger partial charge in [-0.05, 0) is 55.7 Å². The average molecular weight is 439 g/mol. The van der Waals surface area contributed by atoms with Gasteiger partial charge in [-0.15, -0.1) is 0 Å². The number of rotatable bonds is 5. The van der Waals surface area contributed by atoms with Gasteiger partial charge < -0.3 is 14.6 Å². The van der Waals surface area contributed by atoms with Gasteiger partial charge in [0.2, 0.25) is 0 Å². The zero-order chi connectivity index (χ0) is 22.3. The number of anilines is 1. The maximum Gasteiger partial charge on any atom is 0.323 e. The summed E-state index contributed by atoms with van der Waals surface area (Å²) >= 11 is 0. The fraction of sp³-hybridized carbons (Fsp3) is 0.417. The molecule has 168 valence electrons. The van der Waals surface area contributed by atoms with E-state index in [1.54, 1.807) is 13.2 Å². The molecule has 32 heavy (non-hydrogen) atoms. The number of carbonyl (C=O) groups is 1. The third kappa shape index (κ3) is 3.30. The van der Waals surface area contributed by atoms with Crippen molar-refractivity contribution in [2.24, 2.45) is 0 Å². The third-order valence-electron chi connectivity index (χ3n) is 6.97. The number of benzene rings is 2. The summed E-state index contributed by atoms with van der Waals surface area (Å²) in [5.41, 5.74) is 1.82. The van der Waals surface area contributed by atoms with Crippen molar-refractivity contribution in [1.82, 2.24) is 15.4 Å². The highest BCUT2D eigenvalue weighted by Gasteiger charge is 2.50. The normalized spacial score (nSPS) is 22.5. The molecule has 5 rings (SSSR count). The highest BCUT2D eigenvalue weighted by Crippen LogP contribution is 2.39. The van der Waals surface area contributed by atoms with Gasteiger partial charge in [0.05, 0.1) is 19.3 Å². The molecule has 0 radical (unpaired) electrons. The second-order valence-electron chi connectivity index (χ2n) is 8.50. The fourth-order valence-electron chi connectivity index (χ4n) is 5.21. The Hall–Kier alpha value is -3.13. The molecule has 1 aromatic heterocycles. The maximum atomic E-state index is 13.5. The molecular weight excluding hydrogens is 411 g/mol. The third-order valence-corrected chi connectivity index (χ3v) is 6.97. The summed E-state index contributed by atoms with van der Waals surface area (Å²) < 4.78 is 24.2. The minimum absolute atomic E-state index is 0.0799.